The smallest absolute Gasteiger partial charge is 0.323 e. The highest BCUT2D eigenvalue weighted by molar-refractivity contribution is 5.98. The van der Waals surface area contributed by atoms with Crippen molar-refractivity contribution < 1.29 is 23.8 Å². The first-order chi connectivity index (χ1) is 25.7. The van der Waals surface area contributed by atoms with E-state index in [4.69, 9.17) is 14.2 Å². The first kappa shape index (κ1) is 37.9. The number of carbonyl (C=O) groups is 2. The summed E-state index contributed by atoms with van der Waals surface area (Å²) in [5.74, 6) is 1.32. The van der Waals surface area contributed by atoms with E-state index in [2.05, 4.69) is 43.9 Å². The molecule has 278 valence electrons. The normalized spacial score (nSPS) is 14.6. The first-order valence-corrected chi connectivity index (χ1v) is 19.2. The Morgan fingerprint density at radius 2 is 1.42 bits per heavy atom. The summed E-state index contributed by atoms with van der Waals surface area (Å²) in [6, 6.07) is 30.0. The minimum atomic E-state index is -0.272. The molecule has 1 aliphatic carbocycles. The minimum absolute atomic E-state index is 0.0803. The second-order valence-electron chi connectivity index (χ2n) is 15.0. The van der Waals surface area contributed by atoms with Gasteiger partial charge in [-0.15, -0.1) is 0 Å². The number of allylic oxidation sites excluding steroid dienone is 1. The molecule has 1 fully saturated rings. The summed E-state index contributed by atoms with van der Waals surface area (Å²) in [6.07, 6.45) is 6.88. The number of ether oxygens (including phenoxy) is 3. The van der Waals surface area contributed by atoms with E-state index in [1.807, 2.05) is 84.6 Å². The fourth-order valence-corrected chi connectivity index (χ4v) is 7.24. The van der Waals surface area contributed by atoms with Gasteiger partial charge in [-0.3, -0.25) is 9.59 Å². The zero-order valence-corrected chi connectivity index (χ0v) is 31.6. The molecule has 0 unspecified atom stereocenters. The number of esters is 1. The number of nitrogens with one attached hydrogen (secondary N) is 1. The van der Waals surface area contributed by atoms with Gasteiger partial charge in [-0.1, -0.05) is 99.3 Å². The summed E-state index contributed by atoms with van der Waals surface area (Å²) in [7, 11) is 0. The summed E-state index contributed by atoms with van der Waals surface area (Å²) in [4.78, 5) is 29.2. The molecule has 53 heavy (non-hydrogen) atoms. The molecule has 1 aliphatic heterocycles. The van der Waals surface area contributed by atoms with Gasteiger partial charge in [0.25, 0.3) is 5.91 Å². The first-order valence-electron chi connectivity index (χ1n) is 19.2. The van der Waals surface area contributed by atoms with Gasteiger partial charge in [-0.05, 0) is 104 Å². The molecule has 0 spiro atoms. The van der Waals surface area contributed by atoms with Crippen LogP contribution in [0.3, 0.4) is 0 Å². The third-order valence-electron chi connectivity index (χ3n) is 10.1. The highest BCUT2D eigenvalue weighted by Gasteiger charge is 2.29. The number of benzene rings is 4. The van der Waals surface area contributed by atoms with Crippen LogP contribution in [0, 0.1) is 5.92 Å². The molecule has 7 heteroatoms. The summed E-state index contributed by atoms with van der Waals surface area (Å²) in [5.41, 5.74) is 7.69. The van der Waals surface area contributed by atoms with Crippen LogP contribution in [0.2, 0.25) is 0 Å². The monoisotopic (exact) mass is 714 g/mol. The van der Waals surface area contributed by atoms with Crippen LogP contribution in [0.4, 0.5) is 0 Å². The summed E-state index contributed by atoms with van der Waals surface area (Å²) in [5, 5.41) is 3.49. The molecular formula is C46H54N2O5. The van der Waals surface area contributed by atoms with Crippen molar-refractivity contribution in [2.24, 2.45) is 5.92 Å². The molecule has 7 nitrogen and oxygen atoms in total. The van der Waals surface area contributed by atoms with Gasteiger partial charge in [0, 0.05) is 24.7 Å². The predicted molar refractivity (Wildman–Crippen MR) is 211 cm³/mol. The molecule has 4 aromatic carbocycles. The van der Waals surface area contributed by atoms with Gasteiger partial charge in [-0.25, -0.2) is 0 Å². The predicted octanol–water partition coefficient (Wildman–Crippen LogP) is 9.46. The molecule has 0 radical (unpaired) electrons. The van der Waals surface area contributed by atoms with Crippen LogP contribution in [-0.2, 0) is 42.3 Å². The van der Waals surface area contributed by atoms with Crippen molar-refractivity contribution in [3.8, 4) is 11.5 Å². The van der Waals surface area contributed by atoms with Gasteiger partial charge in [0.05, 0.1) is 5.56 Å². The average molecular weight is 715 g/mol. The number of fused-ring (bicyclic) bond motifs is 1. The SMILES string of the molecule is C=C(C)c1cc(C(=O)N2Cc3ccc(CCCN[C@H](CC(C)C)C(=O)OC4CCCC4)cc3C2)c(OCc2ccccc2)cc1OCc1ccccc1. The number of hydrogen-bond donors (Lipinski definition) is 1. The van der Waals surface area contributed by atoms with Crippen molar-refractivity contribution in [2.45, 2.75) is 104 Å². The zero-order chi connectivity index (χ0) is 37.2. The molecule has 1 atom stereocenters. The molecule has 0 aromatic heterocycles. The molecule has 1 amide bonds. The van der Waals surface area contributed by atoms with Crippen molar-refractivity contribution in [1.29, 1.82) is 0 Å². The Hall–Kier alpha value is -4.88. The molecule has 0 saturated heterocycles. The van der Waals surface area contributed by atoms with Crippen LogP contribution in [-0.4, -0.2) is 35.5 Å². The van der Waals surface area contributed by atoms with Crippen LogP contribution >= 0.6 is 0 Å². The van der Waals surface area contributed by atoms with Crippen molar-refractivity contribution >= 4 is 17.4 Å². The highest BCUT2D eigenvalue weighted by Crippen LogP contribution is 2.36. The molecule has 0 bridgehead atoms. The minimum Gasteiger partial charge on any atom is -0.488 e. The molecule has 1 N–H and O–H groups in total. The summed E-state index contributed by atoms with van der Waals surface area (Å²) in [6.45, 7) is 12.9. The number of aryl methyl sites for hydroxylation is 1. The summed E-state index contributed by atoms with van der Waals surface area (Å²) < 4.78 is 18.5. The molecular weight excluding hydrogens is 661 g/mol. The van der Waals surface area contributed by atoms with Crippen LogP contribution in [0.5, 0.6) is 11.5 Å². The van der Waals surface area contributed by atoms with Crippen molar-refractivity contribution in [2.75, 3.05) is 6.54 Å². The maximum absolute atomic E-state index is 14.3. The fourth-order valence-electron chi connectivity index (χ4n) is 7.24. The number of rotatable bonds is 17. The lowest BCUT2D eigenvalue weighted by Gasteiger charge is -2.21. The van der Waals surface area contributed by atoms with E-state index in [1.165, 1.54) is 5.56 Å². The second kappa shape index (κ2) is 18.2. The van der Waals surface area contributed by atoms with Gasteiger partial charge in [0.15, 0.2) is 0 Å². The fraction of sp³-hybridized carbons (Fsp3) is 0.391. The lowest BCUT2D eigenvalue weighted by atomic mass is 10.0. The van der Waals surface area contributed by atoms with E-state index in [-0.39, 0.29) is 24.0 Å². The Labute approximate surface area is 315 Å². The largest absolute Gasteiger partial charge is 0.488 e. The maximum Gasteiger partial charge on any atom is 0.323 e. The topological polar surface area (TPSA) is 77.1 Å². The Balaban J connectivity index is 1.12. The Morgan fingerprint density at radius 3 is 2.04 bits per heavy atom. The van der Waals surface area contributed by atoms with E-state index in [1.54, 1.807) is 0 Å². The Kier molecular flexibility index (Phi) is 13.0. The molecule has 1 heterocycles. The molecule has 6 rings (SSSR count). The highest BCUT2D eigenvalue weighted by atomic mass is 16.5. The van der Waals surface area contributed by atoms with Gasteiger partial charge in [-0.2, -0.15) is 0 Å². The van der Waals surface area contributed by atoms with E-state index in [0.717, 1.165) is 84.9 Å². The van der Waals surface area contributed by atoms with E-state index in [0.29, 0.717) is 49.3 Å². The number of nitrogens with zero attached hydrogens (tertiary/aromatic N) is 1. The van der Waals surface area contributed by atoms with Crippen LogP contribution in [0.15, 0.2) is 97.6 Å². The van der Waals surface area contributed by atoms with Crippen molar-refractivity contribution in [3.63, 3.8) is 0 Å². The quantitative estimate of drug-likeness (QED) is 0.0868. The zero-order valence-electron chi connectivity index (χ0n) is 31.6. The molecule has 2 aliphatic rings. The lowest BCUT2D eigenvalue weighted by molar-refractivity contribution is -0.151. The second-order valence-corrected chi connectivity index (χ2v) is 15.0. The molecule has 1 saturated carbocycles. The van der Waals surface area contributed by atoms with Crippen LogP contribution in [0.25, 0.3) is 5.57 Å². The Morgan fingerprint density at radius 1 is 0.792 bits per heavy atom. The van der Waals surface area contributed by atoms with Gasteiger partial charge in [0.2, 0.25) is 0 Å². The number of hydrogen-bond acceptors (Lipinski definition) is 6. The maximum atomic E-state index is 14.3. The van der Waals surface area contributed by atoms with Crippen molar-refractivity contribution in [3.05, 3.63) is 137 Å². The third kappa shape index (κ3) is 10.4. The summed E-state index contributed by atoms with van der Waals surface area (Å²) >= 11 is 0. The molecule has 4 aromatic rings. The third-order valence-corrected chi connectivity index (χ3v) is 10.1. The van der Waals surface area contributed by atoms with E-state index < -0.39 is 0 Å². The van der Waals surface area contributed by atoms with E-state index in [9.17, 15) is 9.59 Å². The van der Waals surface area contributed by atoms with E-state index >= 15 is 0 Å². The van der Waals surface area contributed by atoms with Gasteiger partial charge in [0.1, 0.15) is 36.9 Å². The van der Waals surface area contributed by atoms with Crippen LogP contribution < -0.4 is 14.8 Å². The van der Waals surface area contributed by atoms with Gasteiger partial charge < -0.3 is 24.4 Å². The van der Waals surface area contributed by atoms with Crippen molar-refractivity contribution in [1.82, 2.24) is 10.2 Å². The average Bonchev–Trinajstić information content (AvgIpc) is 3.84. The number of carbonyl (C=O) groups excluding carboxylic acids is 2. The standard InChI is InChI=1S/C46H54N2O5/c1-32(2)24-42(46(50)53-39-19-11-12-20-39)47-23-13-18-34-21-22-37-28-48(29-38(37)25-34)45(49)41-26-40(33(3)4)43(51-30-35-14-7-5-8-15-35)27-44(41)52-31-36-16-9-6-10-17-36/h5-10,14-17,21-22,25-27,32,39,42,47H,3,11-13,18-20,23-24,28-31H2,1-2,4H3/t42-/m1/s1. The Bertz CT molecular complexity index is 1850. The van der Waals surface area contributed by atoms with Gasteiger partial charge >= 0.3 is 5.97 Å². The lowest BCUT2D eigenvalue weighted by Crippen LogP contribution is -2.41. The number of amides is 1. The van der Waals surface area contributed by atoms with Crippen LogP contribution in [0.1, 0.15) is 103 Å².